The average molecular weight is 572 g/mol. The van der Waals surface area contributed by atoms with E-state index in [1.165, 1.54) is 11.3 Å². The van der Waals surface area contributed by atoms with Crippen molar-refractivity contribution in [3.8, 4) is 0 Å². The molecule has 0 spiro atoms. The van der Waals surface area contributed by atoms with Crippen LogP contribution in [0.5, 0.6) is 0 Å². The van der Waals surface area contributed by atoms with Gasteiger partial charge in [0.2, 0.25) is 11.7 Å². The van der Waals surface area contributed by atoms with Crippen molar-refractivity contribution in [3.05, 3.63) is 52.5 Å². The number of benzene rings is 1. The van der Waals surface area contributed by atoms with Crippen LogP contribution in [-0.4, -0.2) is 82.5 Å². The van der Waals surface area contributed by atoms with E-state index in [0.29, 0.717) is 50.4 Å². The largest absolute Gasteiger partial charge is 0.444 e. The first-order chi connectivity index (χ1) is 18.9. The number of nitrogens with zero attached hydrogens (tertiary/aromatic N) is 3. The molecule has 2 aromatic rings. The molecule has 0 radical (unpaired) electrons. The molecule has 4 amide bonds. The molecule has 1 aromatic heterocycles. The number of thiazole rings is 1. The van der Waals surface area contributed by atoms with Gasteiger partial charge in [0.15, 0.2) is 5.01 Å². The van der Waals surface area contributed by atoms with Crippen LogP contribution in [0, 0.1) is 5.92 Å². The van der Waals surface area contributed by atoms with E-state index < -0.39 is 29.7 Å². The molecule has 1 aliphatic rings. The van der Waals surface area contributed by atoms with Crippen LogP contribution < -0.4 is 10.6 Å². The number of hydrogen-bond donors (Lipinski definition) is 2. The smallest absolute Gasteiger partial charge is 0.410 e. The summed E-state index contributed by atoms with van der Waals surface area (Å²) >= 11 is 1.24. The maximum Gasteiger partial charge on any atom is 0.410 e. The van der Waals surface area contributed by atoms with Crippen molar-refractivity contribution >= 4 is 35.2 Å². The van der Waals surface area contributed by atoms with Gasteiger partial charge in [-0.15, -0.1) is 11.3 Å². The molecule has 1 saturated heterocycles. The fourth-order valence-corrected chi connectivity index (χ4v) is 4.98. The summed E-state index contributed by atoms with van der Waals surface area (Å²) in [6, 6.07) is 7.80. The number of aryl methyl sites for hydroxylation is 1. The maximum atomic E-state index is 13.5. The quantitative estimate of drug-likeness (QED) is 0.414. The normalized spacial score (nSPS) is 15.3. The van der Waals surface area contributed by atoms with Crippen molar-refractivity contribution in [2.24, 2.45) is 5.92 Å². The van der Waals surface area contributed by atoms with Crippen LogP contribution in [0.4, 0.5) is 9.59 Å². The second-order valence-electron chi connectivity index (χ2n) is 11.4. The Balaban J connectivity index is 1.64. The predicted octanol–water partition coefficient (Wildman–Crippen LogP) is 4.12. The lowest BCUT2D eigenvalue weighted by Crippen LogP contribution is -2.58. The number of ketones is 1. The minimum atomic E-state index is -0.820. The summed E-state index contributed by atoms with van der Waals surface area (Å²) in [7, 11) is 0. The fourth-order valence-electron chi connectivity index (χ4n) is 4.35. The van der Waals surface area contributed by atoms with Crippen molar-refractivity contribution in [2.45, 2.75) is 71.6 Å². The van der Waals surface area contributed by atoms with Crippen LogP contribution in [0.25, 0.3) is 0 Å². The van der Waals surface area contributed by atoms with Gasteiger partial charge < -0.3 is 25.2 Å². The van der Waals surface area contributed by atoms with Crippen LogP contribution in [-0.2, 0) is 16.0 Å². The summed E-state index contributed by atoms with van der Waals surface area (Å²) < 4.78 is 5.43. The minimum absolute atomic E-state index is 0.123. The average Bonchev–Trinajstić information content (AvgIpc) is 3.45. The Morgan fingerprint density at radius 3 is 2.20 bits per heavy atom. The number of aromatic nitrogens is 1. The van der Waals surface area contributed by atoms with Crippen LogP contribution in [0.15, 0.2) is 41.9 Å². The van der Waals surface area contributed by atoms with Crippen molar-refractivity contribution in [1.29, 1.82) is 0 Å². The molecule has 1 aromatic carbocycles. The van der Waals surface area contributed by atoms with Crippen LogP contribution in [0.3, 0.4) is 0 Å². The molecular weight excluding hydrogens is 530 g/mol. The number of carbonyl (C=O) groups is 4. The number of carbonyl (C=O) groups excluding carboxylic acids is 4. The SMILES string of the molecule is CC(C)C[C@H](NC(=O)N1CCN(C(=O)OC(C)(C)C)CC1)C(=O)N[C@@H](CCc1ccccc1)C(=O)c1nccs1. The zero-order valence-corrected chi connectivity index (χ0v) is 24.8. The molecule has 0 unspecified atom stereocenters. The lowest BCUT2D eigenvalue weighted by Gasteiger charge is -2.36. The van der Waals surface area contributed by atoms with E-state index in [0.717, 1.165) is 5.56 Å². The van der Waals surface area contributed by atoms with E-state index in [1.807, 2.05) is 65.0 Å². The van der Waals surface area contributed by atoms with Gasteiger partial charge in [-0.2, -0.15) is 0 Å². The monoisotopic (exact) mass is 571 g/mol. The number of Topliss-reactive ketones (excluding diaryl/α,β-unsaturated/α-hetero) is 1. The highest BCUT2D eigenvalue weighted by molar-refractivity contribution is 7.11. The summed E-state index contributed by atoms with van der Waals surface area (Å²) in [6.45, 7) is 10.7. The predicted molar refractivity (Wildman–Crippen MR) is 154 cm³/mol. The van der Waals surface area contributed by atoms with Gasteiger partial charge in [-0.05, 0) is 51.5 Å². The van der Waals surface area contributed by atoms with Crippen molar-refractivity contribution < 1.29 is 23.9 Å². The molecule has 3 rings (SSSR count). The van der Waals surface area contributed by atoms with Crippen LogP contribution >= 0.6 is 11.3 Å². The molecule has 218 valence electrons. The highest BCUT2D eigenvalue weighted by atomic mass is 32.1. The van der Waals surface area contributed by atoms with Gasteiger partial charge in [0.25, 0.3) is 0 Å². The number of nitrogens with one attached hydrogen (secondary N) is 2. The van der Waals surface area contributed by atoms with Gasteiger partial charge in [-0.25, -0.2) is 14.6 Å². The highest BCUT2D eigenvalue weighted by Gasteiger charge is 2.32. The number of amides is 4. The first-order valence-corrected chi connectivity index (χ1v) is 14.6. The zero-order valence-electron chi connectivity index (χ0n) is 24.0. The molecule has 1 fully saturated rings. The zero-order chi connectivity index (χ0) is 29.3. The van der Waals surface area contributed by atoms with Gasteiger partial charge >= 0.3 is 12.1 Å². The summed E-state index contributed by atoms with van der Waals surface area (Å²) in [4.78, 5) is 59.6. The van der Waals surface area contributed by atoms with Crippen molar-refractivity contribution in [2.75, 3.05) is 26.2 Å². The summed E-state index contributed by atoms with van der Waals surface area (Å²) in [5.41, 5.74) is 0.467. The Labute approximate surface area is 240 Å². The first kappa shape index (κ1) is 31.1. The van der Waals surface area contributed by atoms with E-state index in [4.69, 9.17) is 4.74 Å². The van der Waals surface area contributed by atoms with Crippen molar-refractivity contribution in [3.63, 3.8) is 0 Å². The van der Waals surface area contributed by atoms with Gasteiger partial charge in [0.1, 0.15) is 11.6 Å². The number of hydrogen-bond acceptors (Lipinski definition) is 7. The van der Waals surface area contributed by atoms with Gasteiger partial charge in [-0.1, -0.05) is 44.2 Å². The van der Waals surface area contributed by atoms with Gasteiger partial charge in [0, 0.05) is 37.8 Å². The van der Waals surface area contributed by atoms with Gasteiger partial charge in [-0.3, -0.25) is 9.59 Å². The minimum Gasteiger partial charge on any atom is -0.444 e. The standard InChI is InChI=1S/C29H41N5O5S/c1-20(2)19-23(32-27(37)33-14-16-34(17-15-33)28(38)39-29(3,4)5)25(36)31-22(24(35)26-30-13-18-40-26)12-11-21-9-7-6-8-10-21/h6-10,13,18,20,22-23H,11-12,14-17,19H2,1-5H3,(H,31,36)(H,32,37)/t22-,23-/m0/s1. The Morgan fingerprint density at radius 1 is 0.975 bits per heavy atom. The third-order valence-electron chi connectivity index (χ3n) is 6.38. The third kappa shape index (κ3) is 9.62. The third-order valence-corrected chi connectivity index (χ3v) is 7.17. The lowest BCUT2D eigenvalue weighted by molar-refractivity contribution is -0.123. The number of urea groups is 1. The van der Waals surface area contributed by atoms with E-state index in [2.05, 4.69) is 15.6 Å². The van der Waals surface area contributed by atoms with E-state index in [9.17, 15) is 19.2 Å². The summed E-state index contributed by atoms with van der Waals surface area (Å²) in [5.74, 6) is -0.526. The molecule has 2 heterocycles. The number of piperazine rings is 1. The summed E-state index contributed by atoms with van der Waals surface area (Å²) in [5, 5.41) is 7.85. The second-order valence-corrected chi connectivity index (χ2v) is 12.3. The number of ether oxygens (including phenoxy) is 1. The molecule has 2 N–H and O–H groups in total. The topological polar surface area (TPSA) is 121 Å². The Morgan fingerprint density at radius 2 is 1.62 bits per heavy atom. The molecule has 1 aliphatic heterocycles. The highest BCUT2D eigenvalue weighted by Crippen LogP contribution is 2.15. The molecule has 0 saturated carbocycles. The molecule has 10 nitrogen and oxygen atoms in total. The molecule has 2 atom stereocenters. The number of rotatable bonds is 10. The van der Waals surface area contributed by atoms with Crippen LogP contribution in [0.1, 0.15) is 62.8 Å². The second kappa shape index (κ2) is 14.2. The van der Waals surface area contributed by atoms with E-state index >= 15 is 0 Å². The van der Waals surface area contributed by atoms with Crippen LogP contribution in [0.2, 0.25) is 0 Å². The Kier molecular flexibility index (Phi) is 11.1. The maximum absolute atomic E-state index is 13.5. The molecule has 0 bridgehead atoms. The summed E-state index contributed by atoms with van der Waals surface area (Å²) in [6.07, 6.45) is 2.58. The first-order valence-electron chi connectivity index (χ1n) is 13.7. The molecule has 40 heavy (non-hydrogen) atoms. The lowest BCUT2D eigenvalue weighted by atomic mass is 9.99. The molecule has 11 heteroatoms. The van der Waals surface area contributed by atoms with E-state index in [-0.39, 0.29) is 17.7 Å². The Bertz CT molecular complexity index is 1130. The fraction of sp³-hybridized carbons (Fsp3) is 0.552. The van der Waals surface area contributed by atoms with Gasteiger partial charge in [0.05, 0.1) is 6.04 Å². The Hall–Kier alpha value is -3.47. The molecule has 0 aliphatic carbocycles. The van der Waals surface area contributed by atoms with Crippen molar-refractivity contribution in [1.82, 2.24) is 25.4 Å². The van der Waals surface area contributed by atoms with E-state index in [1.54, 1.807) is 21.4 Å². The molecular formula is C29H41N5O5S.